The van der Waals surface area contributed by atoms with Crippen molar-refractivity contribution in [1.29, 1.82) is 0 Å². The van der Waals surface area contributed by atoms with Crippen LogP contribution in [0.2, 0.25) is 0 Å². The minimum atomic E-state index is 0.0409. The number of nitrogens with one attached hydrogen (secondary N) is 1. The molecule has 2 aromatic rings. The minimum Gasteiger partial charge on any atom is -0.373 e. The molecule has 1 atom stereocenters. The summed E-state index contributed by atoms with van der Waals surface area (Å²) in [5, 5.41) is 3.05. The van der Waals surface area contributed by atoms with Gasteiger partial charge in [0, 0.05) is 38.3 Å². The van der Waals surface area contributed by atoms with Gasteiger partial charge in [0.1, 0.15) is 5.82 Å². The van der Waals surface area contributed by atoms with Crippen molar-refractivity contribution >= 4 is 17.8 Å². The molecule has 0 unspecified atom stereocenters. The van der Waals surface area contributed by atoms with Gasteiger partial charge in [0.2, 0.25) is 5.91 Å². The first-order chi connectivity index (χ1) is 11.3. The number of nitrogens with zero attached hydrogens (tertiary/aromatic N) is 3. The van der Waals surface area contributed by atoms with Crippen molar-refractivity contribution in [3.8, 4) is 0 Å². The standard InChI is InChI=1S/C18H20N4O/c1-19-17-12-15(8-10-21-17)16-5-3-11-22(16)18(23)7-6-14-4-2-9-20-13-14/h2,4,6-10,12-13,16H,3,5,11H2,1H3,(H,19,21)/b7-6+/t16-/m0/s1. The number of anilines is 1. The molecule has 0 spiro atoms. The van der Waals surface area contributed by atoms with E-state index in [0.717, 1.165) is 36.3 Å². The molecule has 0 bridgehead atoms. The maximum absolute atomic E-state index is 12.5. The summed E-state index contributed by atoms with van der Waals surface area (Å²) in [4.78, 5) is 22.8. The predicted octanol–water partition coefficient (Wildman–Crippen LogP) is 2.90. The van der Waals surface area contributed by atoms with Crippen LogP contribution in [0.1, 0.15) is 30.0 Å². The van der Waals surface area contributed by atoms with Gasteiger partial charge in [0.25, 0.3) is 0 Å². The van der Waals surface area contributed by atoms with Crippen LogP contribution in [0.25, 0.3) is 6.08 Å². The van der Waals surface area contributed by atoms with E-state index in [4.69, 9.17) is 0 Å². The van der Waals surface area contributed by atoms with Gasteiger partial charge in [-0.25, -0.2) is 4.98 Å². The summed E-state index contributed by atoms with van der Waals surface area (Å²) >= 11 is 0. The van der Waals surface area contributed by atoms with E-state index in [1.165, 1.54) is 0 Å². The molecule has 2 aromatic heterocycles. The Morgan fingerprint density at radius 2 is 2.30 bits per heavy atom. The van der Waals surface area contributed by atoms with Crippen LogP contribution in [0.5, 0.6) is 0 Å². The van der Waals surface area contributed by atoms with Gasteiger partial charge < -0.3 is 10.2 Å². The molecular formula is C18H20N4O. The first-order valence-electron chi connectivity index (χ1n) is 7.80. The molecule has 0 aliphatic carbocycles. The minimum absolute atomic E-state index is 0.0409. The van der Waals surface area contributed by atoms with Crippen LogP contribution in [-0.2, 0) is 4.79 Å². The molecule has 5 heteroatoms. The molecule has 3 rings (SSSR count). The van der Waals surface area contributed by atoms with Crippen LogP contribution in [0, 0.1) is 0 Å². The number of likely N-dealkylation sites (tertiary alicyclic amines) is 1. The van der Waals surface area contributed by atoms with Crippen molar-refractivity contribution in [1.82, 2.24) is 14.9 Å². The van der Waals surface area contributed by atoms with E-state index in [0.29, 0.717) is 0 Å². The van der Waals surface area contributed by atoms with Crippen LogP contribution < -0.4 is 5.32 Å². The molecule has 0 aromatic carbocycles. The number of hydrogen-bond donors (Lipinski definition) is 1. The number of rotatable bonds is 4. The van der Waals surface area contributed by atoms with Crippen LogP contribution in [-0.4, -0.2) is 34.4 Å². The first kappa shape index (κ1) is 15.2. The Bertz CT molecular complexity index is 699. The second kappa shape index (κ2) is 7.05. The molecular weight excluding hydrogens is 288 g/mol. The lowest BCUT2D eigenvalue weighted by atomic mass is 10.1. The van der Waals surface area contributed by atoms with Crippen molar-refractivity contribution < 1.29 is 4.79 Å². The summed E-state index contributed by atoms with van der Waals surface area (Å²) < 4.78 is 0. The van der Waals surface area contributed by atoms with Gasteiger partial charge >= 0.3 is 0 Å². The van der Waals surface area contributed by atoms with Gasteiger partial charge in [-0.2, -0.15) is 0 Å². The van der Waals surface area contributed by atoms with Crippen LogP contribution in [0.3, 0.4) is 0 Å². The van der Waals surface area contributed by atoms with E-state index in [9.17, 15) is 4.79 Å². The van der Waals surface area contributed by atoms with E-state index < -0.39 is 0 Å². The first-order valence-corrected chi connectivity index (χ1v) is 7.80. The lowest BCUT2D eigenvalue weighted by Gasteiger charge is -2.24. The molecule has 1 N–H and O–H groups in total. The maximum atomic E-state index is 12.5. The van der Waals surface area contributed by atoms with Crippen LogP contribution in [0.15, 0.2) is 48.9 Å². The second-order valence-electron chi connectivity index (χ2n) is 5.53. The van der Waals surface area contributed by atoms with Gasteiger partial charge in [0.15, 0.2) is 0 Å². The number of hydrogen-bond acceptors (Lipinski definition) is 4. The molecule has 3 heterocycles. The average Bonchev–Trinajstić information content (AvgIpc) is 3.10. The largest absolute Gasteiger partial charge is 0.373 e. The number of amides is 1. The lowest BCUT2D eigenvalue weighted by molar-refractivity contribution is -0.126. The third-order valence-electron chi connectivity index (χ3n) is 4.06. The molecule has 0 saturated carbocycles. The third-order valence-corrected chi connectivity index (χ3v) is 4.06. The molecule has 1 saturated heterocycles. The number of carbonyl (C=O) groups is 1. The molecule has 1 fully saturated rings. The zero-order valence-corrected chi connectivity index (χ0v) is 13.1. The Balaban J connectivity index is 1.75. The molecule has 5 nitrogen and oxygen atoms in total. The van der Waals surface area contributed by atoms with Crippen molar-refractivity contribution in [3.63, 3.8) is 0 Å². The number of carbonyl (C=O) groups excluding carboxylic acids is 1. The van der Waals surface area contributed by atoms with Gasteiger partial charge in [0.05, 0.1) is 6.04 Å². The van der Waals surface area contributed by atoms with Gasteiger partial charge in [-0.3, -0.25) is 9.78 Å². The zero-order valence-electron chi connectivity index (χ0n) is 13.1. The van der Waals surface area contributed by atoms with Crippen LogP contribution >= 0.6 is 0 Å². The molecule has 1 aliphatic rings. The van der Waals surface area contributed by atoms with Crippen LogP contribution in [0.4, 0.5) is 5.82 Å². The summed E-state index contributed by atoms with van der Waals surface area (Å²) in [5.41, 5.74) is 2.06. The smallest absolute Gasteiger partial charge is 0.247 e. The summed E-state index contributed by atoms with van der Waals surface area (Å²) in [5.74, 6) is 0.867. The van der Waals surface area contributed by atoms with E-state index in [1.54, 1.807) is 24.7 Å². The van der Waals surface area contributed by atoms with Crippen molar-refractivity contribution in [2.45, 2.75) is 18.9 Å². The van der Waals surface area contributed by atoms with Crippen molar-refractivity contribution in [3.05, 3.63) is 60.1 Å². The summed E-state index contributed by atoms with van der Waals surface area (Å²) in [7, 11) is 1.85. The van der Waals surface area contributed by atoms with E-state index in [1.807, 2.05) is 42.3 Å². The van der Waals surface area contributed by atoms with E-state index in [2.05, 4.69) is 15.3 Å². The average molecular weight is 308 g/mol. The Morgan fingerprint density at radius 3 is 3.09 bits per heavy atom. The normalized spacial score (nSPS) is 17.6. The fourth-order valence-electron chi connectivity index (χ4n) is 2.91. The molecule has 23 heavy (non-hydrogen) atoms. The summed E-state index contributed by atoms with van der Waals surface area (Å²) in [6, 6.07) is 7.92. The predicted molar refractivity (Wildman–Crippen MR) is 90.7 cm³/mol. The quantitative estimate of drug-likeness (QED) is 0.882. The molecule has 0 radical (unpaired) electrons. The summed E-state index contributed by atoms with van der Waals surface area (Å²) in [6.45, 7) is 0.790. The topological polar surface area (TPSA) is 58.1 Å². The highest BCUT2D eigenvalue weighted by atomic mass is 16.2. The maximum Gasteiger partial charge on any atom is 0.247 e. The highest BCUT2D eigenvalue weighted by Crippen LogP contribution is 2.32. The summed E-state index contributed by atoms with van der Waals surface area (Å²) in [6.07, 6.45) is 10.7. The van der Waals surface area contributed by atoms with Crippen molar-refractivity contribution in [2.75, 3.05) is 18.9 Å². The Kier molecular flexibility index (Phi) is 4.66. The highest BCUT2D eigenvalue weighted by Gasteiger charge is 2.28. The molecule has 118 valence electrons. The van der Waals surface area contributed by atoms with Gasteiger partial charge in [-0.15, -0.1) is 0 Å². The van der Waals surface area contributed by atoms with E-state index >= 15 is 0 Å². The third kappa shape index (κ3) is 3.56. The molecule has 1 aliphatic heterocycles. The lowest BCUT2D eigenvalue weighted by Crippen LogP contribution is -2.28. The number of aromatic nitrogens is 2. The van der Waals surface area contributed by atoms with E-state index in [-0.39, 0.29) is 11.9 Å². The number of pyridine rings is 2. The Hall–Kier alpha value is -2.69. The zero-order chi connectivity index (χ0) is 16.1. The van der Waals surface area contributed by atoms with Crippen molar-refractivity contribution in [2.24, 2.45) is 0 Å². The van der Waals surface area contributed by atoms with Gasteiger partial charge in [-0.1, -0.05) is 6.07 Å². The fourth-order valence-corrected chi connectivity index (χ4v) is 2.91. The Morgan fingerprint density at radius 1 is 1.39 bits per heavy atom. The second-order valence-corrected chi connectivity index (χ2v) is 5.53. The molecule has 1 amide bonds. The highest BCUT2D eigenvalue weighted by molar-refractivity contribution is 5.92. The fraction of sp³-hybridized carbons (Fsp3) is 0.278. The Labute approximate surface area is 136 Å². The SMILES string of the molecule is CNc1cc([C@@H]2CCCN2C(=O)/C=C/c2cccnc2)ccn1. The van der Waals surface area contributed by atoms with Gasteiger partial charge in [-0.05, 0) is 48.2 Å². The monoisotopic (exact) mass is 308 g/mol.